The maximum absolute atomic E-state index is 14.4. The summed E-state index contributed by atoms with van der Waals surface area (Å²) in [5.41, 5.74) is 8.91. The third kappa shape index (κ3) is 4.86. The van der Waals surface area contributed by atoms with Crippen molar-refractivity contribution in [3.05, 3.63) is 75.7 Å². The van der Waals surface area contributed by atoms with Crippen molar-refractivity contribution in [3.63, 3.8) is 0 Å². The summed E-state index contributed by atoms with van der Waals surface area (Å²) in [4.78, 5) is 16.9. The van der Waals surface area contributed by atoms with Crippen LogP contribution in [0.5, 0.6) is 5.75 Å². The van der Waals surface area contributed by atoms with E-state index in [0.717, 1.165) is 11.3 Å². The molecule has 0 radical (unpaired) electrons. The summed E-state index contributed by atoms with van der Waals surface area (Å²) < 4.78 is 21.9. The Bertz CT molecular complexity index is 1190. The van der Waals surface area contributed by atoms with Gasteiger partial charge in [0, 0.05) is 35.2 Å². The first kappa shape index (κ1) is 22.1. The van der Waals surface area contributed by atoms with E-state index in [0.29, 0.717) is 10.4 Å². The molecule has 32 heavy (non-hydrogen) atoms. The molecule has 1 fully saturated rings. The highest BCUT2D eigenvalue weighted by Crippen LogP contribution is 2.39. The molecule has 0 bridgehead atoms. The first-order valence-corrected chi connectivity index (χ1v) is 10.9. The Balaban J connectivity index is 1.38. The number of rotatable bonds is 8. The van der Waals surface area contributed by atoms with Gasteiger partial charge in [0.25, 0.3) is 5.91 Å². The van der Waals surface area contributed by atoms with Gasteiger partial charge in [-0.25, -0.2) is 15.2 Å². The van der Waals surface area contributed by atoms with Gasteiger partial charge in [-0.1, -0.05) is 22.0 Å². The lowest BCUT2D eigenvalue weighted by atomic mass is 10.2. The molecule has 1 amide bonds. The van der Waals surface area contributed by atoms with Crippen LogP contribution in [0.15, 0.2) is 53.0 Å². The molecule has 4 rings (SSSR count). The number of benzene rings is 1. The van der Waals surface area contributed by atoms with E-state index in [1.807, 2.05) is 16.7 Å². The van der Waals surface area contributed by atoms with E-state index in [1.54, 1.807) is 6.07 Å². The van der Waals surface area contributed by atoms with Gasteiger partial charge in [0.05, 0.1) is 19.3 Å². The third-order valence-corrected chi connectivity index (χ3v) is 6.02. The van der Waals surface area contributed by atoms with E-state index in [-0.39, 0.29) is 30.1 Å². The summed E-state index contributed by atoms with van der Waals surface area (Å²) in [5, 5.41) is 3.88. The quantitative estimate of drug-likeness (QED) is 0.248. The number of aromatic nitrogens is 2. The number of carbonyl (C=O) groups excluding carboxylic acids is 1. The molecule has 1 aliphatic rings. The van der Waals surface area contributed by atoms with Crippen molar-refractivity contribution in [1.29, 1.82) is 0 Å². The number of hydrogen-bond acceptors (Lipinski definition) is 6. The van der Waals surface area contributed by atoms with E-state index in [4.69, 9.17) is 16.3 Å². The minimum absolute atomic E-state index is 0.0721. The minimum Gasteiger partial charge on any atom is -0.494 e. The molecule has 0 saturated heterocycles. The van der Waals surface area contributed by atoms with Gasteiger partial charge in [0.2, 0.25) is 0 Å². The van der Waals surface area contributed by atoms with E-state index in [1.165, 1.54) is 42.8 Å². The minimum atomic E-state index is -0.571. The van der Waals surface area contributed by atoms with Crippen LogP contribution in [-0.2, 0) is 17.9 Å². The Morgan fingerprint density at radius 1 is 1.38 bits per heavy atom. The molecular weight excluding hydrogens is 479 g/mol. The van der Waals surface area contributed by atoms with Gasteiger partial charge in [0.1, 0.15) is 11.3 Å². The smallest absolute Gasteiger partial charge is 0.268 e. The van der Waals surface area contributed by atoms with Crippen molar-refractivity contribution in [1.82, 2.24) is 19.7 Å². The summed E-state index contributed by atoms with van der Waals surface area (Å²) in [5.74, 6) is 5.63. The fourth-order valence-electron chi connectivity index (χ4n) is 3.43. The van der Waals surface area contributed by atoms with Crippen LogP contribution in [0.3, 0.4) is 0 Å². The standard InChI is InChI=1S/C22H24BrFN6O2/c1-32-19-6-5-17(23)16(21(19)24)8-27-22(31)18(25)12-30(26)11-15-10-29-9-14(13-2-3-13)4-7-20(29)28-15/h4-7,9-10,12-13H,2-3,8,11,25-26H2,1H3,(H,27,31)/b18-12-. The molecule has 168 valence electrons. The lowest BCUT2D eigenvalue weighted by Crippen LogP contribution is -2.32. The first-order valence-electron chi connectivity index (χ1n) is 10.1. The van der Waals surface area contributed by atoms with Crippen molar-refractivity contribution in [3.8, 4) is 5.75 Å². The second-order valence-corrected chi connectivity index (χ2v) is 8.57. The molecule has 1 aliphatic carbocycles. The first-order chi connectivity index (χ1) is 15.4. The zero-order valence-electron chi connectivity index (χ0n) is 17.5. The summed E-state index contributed by atoms with van der Waals surface area (Å²) in [6.07, 6.45) is 7.80. The highest BCUT2D eigenvalue weighted by molar-refractivity contribution is 9.10. The number of hydrogen-bond donors (Lipinski definition) is 3. The number of imidazole rings is 1. The zero-order chi connectivity index (χ0) is 22.8. The highest BCUT2D eigenvalue weighted by Gasteiger charge is 2.23. The van der Waals surface area contributed by atoms with Crippen molar-refractivity contribution in [2.75, 3.05) is 7.11 Å². The molecule has 5 N–H and O–H groups in total. The maximum Gasteiger partial charge on any atom is 0.268 e. The second-order valence-electron chi connectivity index (χ2n) is 7.72. The van der Waals surface area contributed by atoms with Crippen LogP contribution in [0, 0.1) is 5.82 Å². The van der Waals surface area contributed by atoms with Gasteiger partial charge in [-0.05, 0) is 42.5 Å². The van der Waals surface area contributed by atoms with Crippen LogP contribution in [0.1, 0.15) is 35.6 Å². The summed E-state index contributed by atoms with van der Waals surface area (Å²) >= 11 is 3.28. The van der Waals surface area contributed by atoms with Gasteiger partial charge in [-0.3, -0.25) is 4.79 Å². The van der Waals surface area contributed by atoms with Gasteiger partial charge >= 0.3 is 0 Å². The third-order valence-electron chi connectivity index (χ3n) is 5.28. The second kappa shape index (κ2) is 9.17. The van der Waals surface area contributed by atoms with Crippen LogP contribution in [0.25, 0.3) is 5.65 Å². The normalized spacial score (nSPS) is 13.9. The molecule has 10 heteroatoms. The molecule has 1 saturated carbocycles. The van der Waals surface area contributed by atoms with E-state index in [9.17, 15) is 9.18 Å². The van der Waals surface area contributed by atoms with Crippen molar-refractivity contribution < 1.29 is 13.9 Å². The molecule has 1 aromatic carbocycles. The van der Waals surface area contributed by atoms with Gasteiger partial charge < -0.3 is 25.2 Å². The molecule has 2 aromatic heterocycles. The number of nitrogens with zero attached hydrogens (tertiary/aromatic N) is 3. The SMILES string of the molecule is COc1ccc(Br)c(CNC(=O)/C(N)=C/N(N)Cc2cn3cc(C4CC4)ccc3n2)c1F. The maximum atomic E-state index is 14.4. The lowest BCUT2D eigenvalue weighted by Gasteiger charge is -2.14. The Morgan fingerprint density at radius 2 is 2.16 bits per heavy atom. The van der Waals surface area contributed by atoms with Crippen molar-refractivity contribution in [2.45, 2.75) is 31.8 Å². The van der Waals surface area contributed by atoms with Crippen LogP contribution in [0.4, 0.5) is 4.39 Å². The lowest BCUT2D eigenvalue weighted by molar-refractivity contribution is -0.117. The number of carbonyl (C=O) groups is 1. The van der Waals surface area contributed by atoms with Crippen LogP contribution >= 0.6 is 15.9 Å². The highest BCUT2D eigenvalue weighted by atomic mass is 79.9. The Hall–Kier alpha value is -3.11. The molecule has 0 spiro atoms. The van der Waals surface area contributed by atoms with E-state index >= 15 is 0 Å². The summed E-state index contributed by atoms with van der Waals surface area (Å²) in [6, 6.07) is 7.24. The number of halogens is 2. The number of nitrogens with two attached hydrogens (primary N) is 2. The molecule has 2 heterocycles. The Kier molecular flexibility index (Phi) is 6.33. The van der Waals surface area contributed by atoms with Crippen molar-refractivity contribution in [2.24, 2.45) is 11.6 Å². The summed E-state index contributed by atoms with van der Waals surface area (Å²) in [6.45, 7) is 0.196. The topological polar surface area (TPSA) is 111 Å². The number of ether oxygens (including phenoxy) is 1. The largest absolute Gasteiger partial charge is 0.494 e. The van der Waals surface area contributed by atoms with E-state index < -0.39 is 11.7 Å². The molecule has 8 nitrogen and oxygen atoms in total. The summed E-state index contributed by atoms with van der Waals surface area (Å²) in [7, 11) is 1.38. The number of amides is 1. The Morgan fingerprint density at radius 3 is 2.88 bits per heavy atom. The molecule has 3 aromatic rings. The zero-order valence-corrected chi connectivity index (χ0v) is 19.1. The van der Waals surface area contributed by atoms with Crippen LogP contribution in [-0.4, -0.2) is 27.4 Å². The van der Waals surface area contributed by atoms with Gasteiger partial charge in [-0.15, -0.1) is 0 Å². The monoisotopic (exact) mass is 502 g/mol. The van der Waals surface area contributed by atoms with Gasteiger partial charge in [0.15, 0.2) is 11.6 Å². The number of fused-ring (bicyclic) bond motifs is 1. The molecule has 0 atom stereocenters. The number of methoxy groups -OCH3 is 1. The number of hydrazine groups is 1. The predicted molar refractivity (Wildman–Crippen MR) is 122 cm³/mol. The number of nitrogens with one attached hydrogen (secondary N) is 1. The molecule has 0 unspecified atom stereocenters. The van der Waals surface area contributed by atoms with E-state index in [2.05, 4.69) is 38.5 Å². The molecule has 0 aliphatic heterocycles. The van der Waals surface area contributed by atoms with Crippen molar-refractivity contribution >= 4 is 27.5 Å². The average Bonchev–Trinajstić information content (AvgIpc) is 3.53. The number of pyridine rings is 1. The predicted octanol–water partition coefficient (Wildman–Crippen LogP) is 2.91. The van der Waals surface area contributed by atoms with Crippen LogP contribution < -0.4 is 21.6 Å². The Labute approximate surface area is 193 Å². The van der Waals surface area contributed by atoms with Gasteiger partial charge in [-0.2, -0.15) is 0 Å². The van der Waals surface area contributed by atoms with Crippen LogP contribution in [0.2, 0.25) is 0 Å². The fraction of sp³-hybridized carbons (Fsp3) is 0.273. The molecular formula is C22H24BrFN6O2. The fourth-order valence-corrected chi connectivity index (χ4v) is 3.88. The average molecular weight is 503 g/mol.